The molecule has 1 aliphatic rings. The van der Waals surface area contributed by atoms with Crippen molar-refractivity contribution in [1.29, 1.82) is 0 Å². The van der Waals surface area contributed by atoms with Gasteiger partial charge in [0.15, 0.2) is 9.84 Å². The van der Waals surface area contributed by atoms with Crippen molar-refractivity contribution in [2.45, 2.75) is 41.9 Å². The normalized spacial score (nSPS) is 16.8. The van der Waals surface area contributed by atoms with Crippen LogP contribution in [0, 0.1) is 0 Å². The maximum Gasteiger partial charge on any atom is 0.407 e. The lowest BCUT2D eigenvalue weighted by atomic mass is 9.84. The smallest absolute Gasteiger partial charge is 0.407 e. The average molecular weight is 692 g/mol. The monoisotopic (exact) mass is 691 g/mol. The molecular weight excluding hydrogens is 651 g/mol. The van der Waals surface area contributed by atoms with Crippen molar-refractivity contribution in [3.63, 3.8) is 0 Å². The number of aryl methyl sites for hydroxylation is 1. The summed E-state index contributed by atoms with van der Waals surface area (Å²) in [7, 11) is -2.31. The molecule has 2 amide bonds. The molecular formula is C40H41N3O6S. The Morgan fingerprint density at radius 2 is 1.42 bits per heavy atom. The lowest BCUT2D eigenvalue weighted by Gasteiger charge is -2.31. The van der Waals surface area contributed by atoms with E-state index in [1.807, 2.05) is 115 Å². The fourth-order valence-electron chi connectivity index (χ4n) is 6.52. The first-order valence-electron chi connectivity index (χ1n) is 16.7. The van der Waals surface area contributed by atoms with Gasteiger partial charge in [-0.2, -0.15) is 0 Å². The minimum Gasteiger partial charge on any atom is -0.453 e. The molecule has 0 radical (unpaired) electrons. The third-order valence-corrected chi connectivity index (χ3v) is 10.8. The van der Waals surface area contributed by atoms with Crippen LogP contribution in [0.25, 0.3) is 10.8 Å². The van der Waals surface area contributed by atoms with Crippen LogP contribution in [-0.4, -0.2) is 64.6 Å². The number of fused-ring (bicyclic) bond motifs is 1. The second-order valence-electron chi connectivity index (χ2n) is 12.4. The number of alkyl carbamates (subject to hydrolysis) is 1. The van der Waals surface area contributed by atoms with Crippen molar-refractivity contribution in [2.24, 2.45) is 0 Å². The topological polar surface area (TPSA) is 123 Å². The Morgan fingerprint density at radius 3 is 2.12 bits per heavy atom. The maximum atomic E-state index is 14.1. The van der Waals surface area contributed by atoms with Gasteiger partial charge in [-0.25, -0.2) is 13.2 Å². The van der Waals surface area contributed by atoms with Crippen LogP contribution in [-0.2, 0) is 30.5 Å². The minimum atomic E-state index is -3.58. The fourth-order valence-corrected chi connectivity index (χ4v) is 7.98. The molecule has 0 aromatic heterocycles. The lowest BCUT2D eigenvalue weighted by molar-refractivity contribution is -0.118. The summed E-state index contributed by atoms with van der Waals surface area (Å²) >= 11 is 0. The molecule has 5 aromatic rings. The number of rotatable bonds is 12. The van der Waals surface area contributed by atoms with Crippen LogP contribution in [0.4, 0.5) is 10.5 Å². The van der Waals surface area contributed by atoms with E-state index in [0.29, 0.717) is 31.6 Å². The molecule has 6 rings (SSSR count). The van der Waals surface area contributed by atoms with E-state index >= 15 is 0 Å². The number of sulfone groups is 1. The van der Waals surface area contributed by atoms with Gasteiger partial charge >= 0.3 is 6.09 Å². The number of methoxy groups -OCH3 is 1. The number of benzene rings is 5. The average Bonchev–Trinajstić information content (AvgIpc) is 3.14. The van der Waals surface area contributed by atoms with E-state index in [1.165, 1.54) is 7.11 Å². The van der Waals surface area contributed by atoms with Gasteiger partial charge in [0.2, 0.25) is 5.91 Å². The van der Waals surface area contributed by atoms with Gasteiger partial charge in [-0.1, -0.05) is 109 Å². The highest BCUT2D eigenvalue weighted by atomic mass is 32.2. The van der Waals surface area contributed by atoms with Crippen LogP contribution >= 0.6 is 0 Å². The molecule has 0 bridgehead atoms. The number of nitrogens with one attached hydrogen (secondary N) is 3. The molecule has 9 nitrogen and oxygen atoms in total. The SMILES string of the molecule is COC(=O)N[C@H](C(=O)Nc1ccccc1CCC1CNC[C@@H](CS(=O)(=O)c2ccc3ccccc3c2)O1)C(c1ccccc1)c1ccccc1. The summed E-state index contributed by atoms with van der Waals surface area (Å²) in [6, 6.07) is 38.6. The first kappa shape index (κ1) is 34.8. The lowest BCUT2D eigenvalue weighted by Crippen LogP contribution is -2.48. The van der Waals surface area contributed by atoms with Gasteiger partial charge in [0.05, 0.1) is 30.0 Å². The molecule has 1 heterocycles. The molecule has 1 aliphatic heterocycles. The third kappa shape index (κ3) is 8.57. The molecule has 1 fully saturated rings. The van der Waals surface area contributed by atoms with Crippen LogP contribution in [0.15, 0.2) is 132 Å². The van der Waals surface area contributed by atoms with Crippen LogP contribution in [0.2, 0.25) is 0 Å². The van der Waals surface area contributed by atoms with Crippen LogP contribution in [0.5, 0.6) is 0 Å². The van der Waals surface area contributed by atoms with Crippen LogP contribution < -0.4 is 16.0 Å². The summed E-state index contributed by atoms with van der Waals surface area (Å²) < 4.78 is 38.0. The van der Waals surface area contributed by atoms with Crippen LogP contribution in [0.3, 0.4) is 0 Å². The Balaban J connectivity index is 1.14. The van der Waals surface area contributed by atoms with Crippen molar-refractivity contribution in [3.05, 3.63) is 144 Å². The second kappa shape index (κ2) is 16.1. The first-order chi connectivity index (χ1) is 24.3. The van der Waals surface area contributed by atoms with Crippen molar-refractivity contribution in [2.75, 3.05) is 31.3 Å². The summed E-state index contributed by atoms with van der Waals surface area (Å²) in [5.41, 5.74) is 3.24. The van der Waals surface area contributed by atoms with E-state index < -0.39 is 39.9 Å². The number of amides is 2. The van der Waals surface area contributed by atoms with E-state index in [0.717, 1.165) is 27.5 Å². The second-order valence-corrected chi connectivity index (χ2v) is 14.5. The third-order valence-electron chi connectivity index (χ3n) is 9.02. The zero-order valence-corrected chi connectivity index (χ0v) is 28.6. The molecule has 50 heavy (non-hydrogen) atoms. The number of para-hydroxylation sites is 1. The predicted octanol–water partition coefficient (Wildman–Crippen LogP) is 6.10. The quantitative estimate of drug-likeness (QED) is 0.145. The van der Waals surface area contributed by atoms with E-state index in [2.05, 4.69) is 16.0 Å². The molecule has 0 aliphatic carbocycles. The minimum absolute atomic E-state index is 0.125. The van der Waals surface area contributed by atoms with Crippen molar-refractivity contribution >= 4 is 38.3 Å². The van der Waals surface area contributed by atoms with E-state index in [9.17, 15) is 18.0 Å². The number of hydrogen-bond acceptors (Lipinski definition) is 7. The predicted molar refractivity (Wildman–Crippen MR) is 195 cm³/mol. The molecule has 5 aromatic carbocycles. The largest absolute Gasteiger partial charge is 0.453 e. The van der Waals surface area contributed by atoms with Crippen molar-refractivity contribution in [3.8, 4) is 0 Å². The van der Waals surface area contributed by atoms with Crippen LogP contribution in [0.1, 0.15) is 29.0 Å². The molecule has 3 atom stereocenters. The van der Waals surface area contributed by atoms with Gasteiger partial charge < -0.3 is 25.4 Å². The Kier molecular flexibility index (Phi) is 11.2. The Bertz CT molecular complexity index is 1980. The van der Waals surface area contributed by atoms with Gasteiger partial charge in [-0.05, 0) is 58.5 Å². The number of morpholine rings is 1. The molecule has 3 N–H and O–H groups in total. The maximum absolute atomic E-state index is 14.1. The molecule has 1 unspecified atom stereocenters. The number of carbonyl (C=O) groups excluding carboxylic acids is 2. The number of hydrogen-bond donors (Lipinski definition) is 3. The summed E-state index contributed by atoms with van der Waals surface area (Å²) in [6.45, 7) is 1.02. The van der Waals surface area contributed by atoms with Gasteiger partial charge in [-0.15, -0.1) is 0 Å². The van der Waals surface area contributed by atoms with Gasteiger partial charge in [0, 0.05) is 24.7 Å². The fraction of sp³-hybridized carbons (Fsp3) is 0.250. The Morgan fingerprint density at radius 1 is 0.800 bits per heavy atom. The van der Waals surface area contributed by atoms with Crippen molar-refractivity contribution in [1.82, 2.24) is 10.6 Å². The zero-order valence-electron chi connectivity index (χ0n) is 27.8. The molecule has 10 heteroatoms. The Labute approximate surface area is 292 Å². The van der Waals surface area contributed by atoms with Gasteiger partial charge in [-0.3, -0.25) is 4.79 Å². The molecule has 1 saturated heterocycles. The number of anilines is 1. The van der Waals surface area contributed by atoms with Gasteiger partial charge in [0.1, 0.15) is 6.04 Å². The standard InChI is InChI=1S/C40H41N3O6S/c1-48-40(45)43-38(37(30-14-4-2-5-15-30)31-16-6-3-7-17-31)39(44)42-36-19-11-10-13-29(36)20-22-33-25-41-26-34(49-33)27-50(46,47)35-23-21-28-12-8-9-18-32(28)24-35/h2-19,21,23-24,33-34,37-38,41H,20,22,25-27H2,1H3,(H,42,44)(H,43,45)/t33?,34-,38-/m0/s1. The summed E-state index contributed by atoms with van der Waals surface area (Å²) in [5, 5.41) is 11.1. The summed E-state index contributed by atoms with van der Waals surface area (Å²) in [4.78, 5) is 27.0. The van der Waals surface area contributed by atoms with Gasteiger partial charge in [0.25, 0.3) is 0 Å². The Hall–Kier alpha value is -5.03. The summed E-state index contributed by atoms with van der Waals surface area (Å²) in [5.74, 6) is -1.01. The van der Waals surface area contributed by atoms with E-state index in [4.69, 9.17) is 9.47 Å². The number of carbonyl (C=O) groups is 2. The summed E-state index contributed by atoms with van der Waals surface area (Å²) in [6.07, 6.45) is -0.262. The highest BCUT2D eigenvalue weighted by molar-refractivity contribution is 7.91. The highest BCUT2D eigenvalue weighted by Crippen LogP contribution is 2.30. The molecule has 0 saturated carbocycles. The number of ether oxygens (including phenoxy) is 2. The first-order valence-corrected chi connectivity index (χ1v) is 18.4. The van der Waals surface area contributed by atoms with E-state index in [-0.39, 0.29) is 16.8 Å². The molecule has 0 spiro atoms. The zero-order chi connectivity index (χ0) is 34.9. The van der Waals surface area contributed by atoms with E-state index in [1.54, 1.807) is 12.1 Å². The molecule has 258 valence electrons. The highest BCUT2D eigenvalue weighted by Gasteiger charge is 2.33. The van der Waals surface area contributed by atoms with Crippen molar-refractivity contribution < 1.29 is 27.5 Å².